The molecule has 0 amide bonds. The van der Waals surface area contributed by atoms with Crippen LogP contribution in [0.4, 0.5) is 5.82 Å². The summed E-state index contributed by atoms with van der Waals surface area (Å²) in [5.41, 5.74) is 2.94. The Morgan fingerprint density at radius 1 is 1.08 bits per heavy atom. The van der Waals surface area contributed by atoms with E-state index in [1.54, 1.807) is 0 Å². The molecule has 1 aromatic carbocycles. The zero-order valence-corrected chi connectivity index (χ0v) is 16.3. The van der Waals surface area contributed by atoms with E-state index in [4.69, 9.17) is 25.8 Å². The molecule has 1 aromatic heterocycles. The number of rotatable bonds is 11. The van der Waals surface area contributed by atoms with Crippen LogP contribution in [0.1, 0.15) is 23.7 Å². The molecule has 7 heteroatoms. The van der Waals surface area contributed by atoms with Crippen LogP contribution in [0.5, 0.6) is 5.75 Å². The summed E-state index contributed by atoms with van der Waals surface area (Å²) < 4.78 is 16.7. The standard InChI is InChI=1S/C19H26ClN3O3/c1-4-24-9-10-25-12-16-5-6-17(14(2)11-16)26-8-7-21-19-18(20)15(3)22-13-23-19/h5-6,11,13H,4,7-10,12H2,1-3H3,(H,21,22,23). The molecule has 26 heavy (non-hydrogen) atoms. The van der Waals surface area contributed by atoms with Crippen molar-refractivity contribution < 1.29 is 14.2 Å². The summed E-state index contributed by atoms with van der Waals surface area (Å²) >= 11 is 6.15. The van der Waals surface area contributed by atoms with Crippen LogP contribution >= 0.6 is 11.6 Å². The van der Waals surface area contributed by atoms with E-state index in [0.717, 1.165) is 22.6 Å². The number of benzene rings is 1. The van der Waals surface area contributed by atoms with Crippen LogP contribution in [0.15, 0.2) is 24.5 Å². The number of hydrogen-bond donors (Lipinski definition) is 1. The lowest BCUT2D eigenvalue weighted by Crippen LogP contribution is -2.13. The maximum Gasteiger partial charge on any atom is 0.148 e. The third-order valence-electron chi connectivity index (χ3n) is 3.70. The fourth-order valence-corrected chi connectivity index (χ4v) is 2.49. The average molecular weight is 380 g/mol. The van der Waals surface area contributed by atoms with E-state index in [9.17, 15) is 0 Å². The minimum atomic E-state index is 0.504. The number of halogens is 1. The normalized spacial score (nSPS) is 10.8. The van der Waals surface area contributed by atoms with Gasteiger partial charge in [-0.25, -0.2) is 9.97 Å². The van der Waals surface area contributed by atoms with Crippen LogP contribution in [-0.4, -0.2) is 42.9 Å². The van der Waals surface area contributed by atoms with Crippen molar-refractivity contribution in [3.05, 3.63) is 46.4 Å². The molecule has 2 rings (SSSR count). The van der Waals surface area contributed by atoms with E-state index in [2.05, 4.69) is 21.4 Å². The number of hydrogen-bond acceptors (Lipinski definition) is 6. The predicted molar refractivity (Wildman–Crippen MR) is 103 cm³/mol. The molecule has 0 aliphatic heterocycles. The van der Waals surface area contributed by atoms with Gasteiger partial charge in [0.05, 0.1) is 32.1 Å². The molecule has 0 bridgehead atoms. The van der Waals surface area contributed by atoms with Crippen LogP contribution in [0.2, 0.25) is 5.02 Å². The van der Waals surface area contributed by atoms with Gasteiger partial charge in [-0.15, -0.1) is 0 Å². The lowest BCUT2D eigenvalue weighted by Gasteiger charge is -2.12. The van der Waals surface area contributed by atoms with E-state index < -0.39 is 0 Å². The fraction of sp³-hybridized carbons (Fsp3) is 0.474. The van der Waals surface area contributed by atoms with Gasteiger partial charge in [0.25, 0.3) is 0 Å². The summed E-state index contributed by atoms with van der Waals surface area (Å²) in [4.78, 5) is 8.17. The number of nitrogens with zero attached hydrogens (tertiary/aromatic N) is 2. The van der Waals surface area contributed by atoms with E-state index in [1.165, 1.54) is 6.33 Å². The van der Waals surface area contributed by atoms with Gasteiger partial charge in [-0.05, 0) is 38.0 Å². The summed E-state index contributed by atoms with van der Waals surface area (Å²) in [6, 6.07) is 6.06. The first-order chi connectivity index (χ1) is 12.6. The van der Waals surface area contributed by atoms with Crippen LogP contribution in [0.3, 0.4) is 0 Å². The van der Waals surface area contributed by atoms with E-state index in [-0.39, 0.29) is 0 Å². The Morgan fingerprint density at radius 2 is 1.88 bits per heavy atom. The van der Waals surface area contributed by atoms with Gasteiger partial charge in [0.1, 0.15) is 29.5 Å². The number of nitrogens with one attached hydrogen (secondary N) is 1. The molecule has 0 fully saturated rings. The molecule has 1 heterocycles. The largest absolute Gasteiger partial charge is 0.491 e. The molecule has 142 valence electrons. The molecule has 2 aromatic rings. The Kier molecular flexibility index (Phi) is 8.61. The topological polar surface area (TPSA) is 65.5 Å². The third kappa shape index (κ3) is 6.44. The fourth-order valence-electron chi connectivity index (χ4n) is 2.33. The molecule has 0 aliphatic rings. The second-order valence-corrected chi connectivity index (χ2v) is 6.12. The van der Waals surface area contributed by atoms with Gasteiger partial charge < -0.3 is 19.5 Å². The second-order valence-electron chi connectivity index (χ2n) is 5.75. The number of anilines is 1. The number of ether oxygens (including phenoxy) is 3. The minimum absolute atomic E-state index is 0.504. The SMILES string of the molecule is CCOCCOCc1ccc(OCCNc2ncnc(C)c2Cl)c(C)c1. The van der Waals surface area contributed by atoms with Crippen molar-refractivity contribution in [2.75, 3.05) is 38.3 Å². The van der Waals surface area contributed by atoms with Gasteiger partial charge in [0.2, 0.25) is 0 Å². The summed E-state index contributed by atoms with van der Waals surface area (Å²) in [7, 11) is 0. The van der Waals surface area contributed by atoms with Crippen molar-refractivity contribution in [1.29, 1.82) is 0 Å². The lowest BCUT2D eigenvalue weighted by atomic mass is 10.1. The lowest BCUT2D eigenvalue weighted by molar-refractivity contribution is 0.0452. The Labute approximate surface area is 159 Å². The monoisotopic (exact) mass is 379 g/mol. The molecular formula is C19H26ClN3O3. The van der Waals surface area contributed by atoms with Gasteiger partial charge in [-0.1, -0.05) is 23.7 Å². The first kappa shape index (κ1) is 20.4. The van der Waals surface area contributed by atoms with Crippen molar-refractivity contribution in [2.45, 2.75) is 27.4 Å². The van der Waals surface area contributed by atoms with Gasteiger partial charge in [-0.2, -0.15) is 0 Å². The van der Waals surface area contributed by atoms with Crippen molar-refractivity contribution in [2.24, 2.45) is 0 Å². The quantitative estimate of drug-likeness (QED) is 0.599. The van der Waals surface area contributed by atoms with E-state index >= 15 is 0 Å². The molecule has 6 nitrogen and oxygen atoms in total. The molecule has 0 aliphatic carbocycles. The third-order valence-corrected chi connectivity index (χ3v) is 4.15. The highest BCUT2D eigenvalue weighted by molar-refractivity contribution is 6.33. The van der Waals surface area contributed by atoms with Crippen LogP contribution in [0.25, 0.3) is 0 Å². The Morgan fingerprint density at radius 3 is 2.65 bits per heavy atom. The smallest absolute Gasteiger partial charge is 0.148 e. The Balaban J connectivity index is 1.74. The second kappa shape index (κ2) is 11.0. The summed E-state index contributed by atoms with van der Waals surface area (Å²) in [5.74, 6) is 1.48. The van der Waals surface area contributed by atoms with E-state index in [1.807, 2.05) is 32.9 Å². The van der Waals surface area contributed by atoms with Crippen molar-refractivity contribution in [3.8, 4) is 5.75 Å². The molecule has 1 N–H and O–H groups in total. The molecule has 0 atom stereocenters. The highest BCUT2D eigenvalue weighted by Crippen LogP contribution is 2.21. The van der Waals surface area contributed by atoms with E-state index in [0.29, 0.717) is 50.4 Å². The highest BCUT2D eigenvalue weighted by atomic mass is 35.5. The first-order valence-corrected chi connectivity index (χ1v) is 9.08. The molecular weight excluding hydrogens is 354 g/mol. The van der Waals surface area contributed by atoms with Gasteiger partial charge >= 0.3 is 0 Å². The summed E-state index contributed by atoms with van der Waals surface area (Å²) in [5, 5.41) is 3.70. The zero-order valence-electron chi connectivity index (χ0n) is 15.5. The Hall–Kier alpha value is -1.89. The van der Waals surface area contributed by atoms with Crippen LogP contribution < -0.4 is 10.1 Å². The minimum Gasteiger partial charge on any atom is -0.491 e. The van der Waals surface area contributed by atoms with Crippen molar-refractivity contribution in [3.63, 3.8) is 0 Å². The highest BCUT2D eigenvalue weighted by Gasteiger charge is 2.06. The summed E-state index contributed by atoms with van der Waals surface area (Å²) in [6.07, 6.45) is 1.49. The van der Waals surface area contributed by atoms with Crippen molar-refractivity contribution in [1.82, 2.24) is 9.97 Å². The zero-order chi connectivity index (χ0) is 18.8. The summed E-state index contributed by atoms with van der Waals surface area (Å²) in [6.45, 7) is 9.45. The number of aryl methyl sites for hydroxylation is 2. The maximum absolute atomic E-state index is 6.15. The number of aromatic nitrogens is 2. The first-order valence-electron chi connectivity index (χ1n) is 8.70. The molecule has 0 radical (unpaired) electrons. The van der Waals surface area contributed by atoms with Crippen LogP contribution in [-0.2, 0) is 16.1 Å². The van der Waals surface area contributed by atoms with Gasteiger partial charge in [-0.3, -0.25) is 0 Å². The maximum atomic E-state index is 6.15. The van der Waals surface area contributed by atoms with Gasteiger partial charge in [0, 0.05) is 6.61 Å². The molecule has 0 unspecified atom stereocenters. The van der Waals surface area contributed by atoms with Crippen molar-refractivity contribution >= 4 is 17.4 Å². The predicted octanol–water partition coefficient (Wildman–Crippen LogP) is 3.79. The molecule has 0 saturated heterocycles. The molecule has 0 saturated carbocycles. The Bertz CT molecular complexity index is 698. The average Bonchev–Trinajstić information content (AvgIpc) is 2.63. The molecule has 0 spiro atoms. The van der Waals surface area contributed by atoms with Crippen LogP contribution in [0, 0.1) is 13.8 Å². The van der Waals surface area contributed by atoms with Gasteiger partial charge in [0.15, 0.2) is 0 Å².